The lowest BCUT2D eigenvalue weighted by Crippen LogP contribution is -2.24. The van der Waals surface area contributed by atoms with Crippen LogP contribution in [0.2, 0.25) is 0 Å². The van der Waals surface area contributed by atoms with Gasteiger partial charge in [0, 0.05) is 6.20 Å². The Bertz CT molecular complexity index is 315. The molecule has 1 heterocycles. The summed E-state index contributed by atoms with van der Waals surface area (Å²) in [4.78, 5) is 20.0. The van der Waals surface area contributed by atoms with Crippen LogP contribution in [0.25, 0.3) is 0 Å². The van der Waals surface area contributed by atoms with Crippen molar-refractivity contribution in [2.45, 2.75) is 6.92 Å². The van der Waals surface area contributed by atoms with Gasteiger partial charge in [-0.25, -0.2) is 5.48 Å². The number of hydroxylamine groups is 1. The lowest BCUT2D eigenvalue weighted by atomic mass is 10.2. The number of hydrogen-bond donors (Lipinski definition) is 1. The fourth-order valence-corrected chi connectivity index (χ4v) is 0.923. The molecule has 0 bridgehead atoms. The maximum Gasteiger partial charge on any atom is 0.278 e. The minimum absolute atomic E-state index is 0.342. The van der Waals surface area contributed by atoms with E-state index in [1.807, 2.05) is 0 Å². The van der Waals surface area contributed by atoms with Crippen molar-refractivity contribution in [3.8, 4) is 5.75 Å². The number of nitrogens with one attached hydrogen (secondary N) is 1. The number of carbonyl (C=O) groups is 1. The Hall–Kier alpha value is -1.62. The first-order chi connectivity index (χ1) is 6.79. The van der Waals surface area contributed by atoms with E-state index in [1.54, 1.807) is 13.0 Å². The molecule has 0 atom stereocenters. The van der Waals surface area contributed by atoms with Crippen LogP contribution in [0.3, 0.4) is 0 Å². The zero-order chi connectivity index (χ0) is 10.4. The molecule has 1 rings (SSSR count). The molecule has 76 valence electrons. The van der Waals surface area contributed by atoms with E-state index in [4.69, 9.17) is 9.57 Å². The molecular weight excluding hydrogens is 184 g/mol. The standard InChI is InChI=1S/C9H12N2O3/c1-3-14-11-9(12)7-4-5-10-6-8(7)13-2/h4-6H,3H2,1-2H3,(H,11,12). The van der Waals surface area contributed by atoms with Crippen LogP contribution >= 0.6 is 0 Å². The van der Waals surface area contributed by atoms with Crippen LogP contribution in [0.1, 0.15) is 17.3 Å². The predicted molar refractivity (Wildman–Crippen MR) is 49.9 cm³/mol. The number of amides is 1. The van der Waals surface area contributed by atoms with Gasteiger partial charge in [0.25, 0.3) is 5.91 Å². The molecule has 0 aromatic carbocycles. The summed E-state index contributed by atoms with van der Waals surface area (Å²) in [6.07, 6.45) is 2.99. The molecule has 1 aromatic heterocycles. The zero-order valence-corrected chi connectivity index (χ0v) is 8.11. The van der Waals surface area contributed by atoms with E-state index in [-0.39, 0.29) is 5.91 Å². The molecule has 0 aliphatic rings. The summed E-state index contributed by atoms with van der Waals surface area (Å²) in [7, 11) is 1.48. The third kappa shape index (κ3) is 2.43. The summed E-state index contributed by atoms with van der Waals surface area (Å²) < 4.78 is 4.97. The number of ether oxygens (including phenoxy) is 1. The molecule has 0 fully saturated rings. The number of methoxy groups -OCH3 is 1. The number of nitrogens with zero attached hydrogens (tertiary/aromatic N) is 1. The number of aromatic nitrogens is 1. The van der Waals surface area contributed by atoms with Crippen LogP contribution in [0.5, 0.6) is 5.75 Å². The molecule has 14 heavy (non-hydrogen) atoms. The van der Waals surface area contributed by atoms with Crippen LogP contribution < -0.4 is 10.2 Å². The molecule has 0 aliphatic heterocycles. The summed E-state index contributed by atoms with van der Waals surface area (Å²) in [6.45, 7) is 2.20. The second-order valence-corrected chi connectivity index (χ2v) is 2.44. The molecule has 1 N–H and O–H groups in total. The van der Waals surface area contributed by atoms with Gasteiger partial charge in [0.1, 0.15) is 5.75 Å². The highest BCUT2D eigenvalue weighted by molar-refractivity contribution is 5.96. The normalized spacial score (nSPS) is 9.57. The van der Waals surface area contributed by atoms with Gasteiger partial charge in [-0.2, -0.15) is 0 Å². The molecule has 0 spiro atoms. The SMILES string of the molecule is CCONC(=O)c1ccncc1OC. The predicted octanol–water partition coefficient (Wildman–Crippen LogP) is 0.772. The van der Waals surface area contributed by atoms with E-state index in [1.165, 1.54) is 19.5 Å². The molecule has 0 aliphatic carbocycles. The van der Waals surface area contributed by atoms with E-state index in [0.717, 1.165) is 0 Å². The highest BCUT2D eigenvalue weighted by atomic mass is 16.6. The maximum absolute atomic E-state index is 11.4. The first kappa shape index (κ1) is 10.5. The average molecular weight is 196 g/mol. The van der Waals surface area contributed by atoms with Crippen molar-refractivity contribution in [1.29, 1.82) is 0 Å². The number of hydrogen-bond acceptors (Lipinski definition) is 4. The van der Waals surface area contributed by atoms with Gasteiger partial charge in [-0.15, -0.1) is 0 Å². The minimum Gasteiger partial charge on any atom is -0.494 e. The topological polar surface area (TPSA) is 60.5 Å². The second-order valence-electron chi connectivity index (χ2n) is 2.44. The fraction of sp³-hybridized carbons (Fsp3) is 0.333. The average Bonchev–Trinajstić information content (AvgIpc) is 2.25. The van der Waals surface area contributed by atoms with Gasteiger partial charge in [-0.05, 0) is 13.0 Å². The first-order valence-electron chi connectivity index (χ1n) is 4.19. The van der Waals surface area contributed by atoms with Crippen molar-refractivity contribution in [2.24, 2.45) is 0 Å². The summed E-state index contributed by atoms with van der Waals surface area (Å²) in [5, 5.41) is 0. The summed E-state index contributed by atoms with van der Waals surface area (Å²) in [6, 6.07) is 1.56. The monoisotopic (exact) mass is 196 g/mol. The highest BCUT2D eigenvalue weighted by Gasteiger charge is 2.10. The molecule has 5 nitrogen and oxygen atoms in total. The van der Waals surface area contributed by atoms with Crippen molar-refractivity contribution in [3.05, 3.63) is 24.0 Å². The lowest BCUT2D eigenvalue weighted by Gasteiger charge is -2.07. The molecule has 0 saturated heterocycles. The molecule has 1 aromatic rings. The largest absolute Gasteiger partial charge is 0.494 e. The number of rotatable bonds is 4. The zero-order valence-electron chi connectivity index (χ0n) is 8.11. The third-order valence-corrected chi connectivity index (χ3v) is 1.56. The van der Waals surface area contributed by atoms with E-state index in [2.05, 4.69) is 10.5 Å². The van der Waals surface area contributed by atoms with Crippen molar-refractivity contribution >= 4 is 5.91 Å². The number of carbonyl (C=O) groups excluding carboxylic acids is 1. The summed E-state index contributed by atoms with van der Waals surface area (Å²) in [5.74, 6) is 0.0794. The smallest absolute Gasteiger partial charge is 0.278 e. The third-order valence-electron chi connectivity index (χ3n) is 1.56. The molecule has 0 unspecified atom stereocenters. The quantitative estimate of drug-likeness (QED) is 0.722. The van der Waals surface area contributed by atoms with Crippen molar-refractivity contribution in [3.63, 3.8) is 0 Å². The Morgan fingerprint density at radius 1 is 1.64 bits per heavy atom. The van der Waals surface area contributed by atoms with E-state index in [9.17, 15) is 4.79 Å². The molecule has 0 radical (unpaired) electrons. The summed E-state index contributed by atoms with van der Waals surface area (Å²) in [5.41, 5.74) is 2.68. The Labute approximate surface area is 82.0 Å². The van der Waals surface area contributed by atoms with Gasteiger partial charge in [0.15, 0.2) is 0 Å². The molecule has 1 amide bonds. The number of pyridine rings is 1. The Balaban J connectivity index is 2.78. The summed E-state index contributed by atoms with van der Waals surface area (Å²) >= 11 is 0. The van der Waals surface area contributed by atoms with Crippen molar-refractivity contribution in [2.75, 3.05) is 13.7 Å². The Kier molecular flexibility index (Phi) is 3.87. The Morgan fingerprint density at radius 2 is 2.43 bits per heavy atom. The van der Waals surface area contributed by atoms with Crippen LogP contribution in [0.15, 0.2) is 18.5 Å². The second kappa shape index (κ2) is 5.18. The molecule has 5 heteroatoms. The maximum atomic E-state index is 11.4. The minimum atomic E-state index is -0.342. The highest BCUT2D eigenvalue weighted by Crippen LogP contribution is 2.14. The van der Waals surface area contributed by atoms with Gasteiger partial charge in [-0.3, -0.25) is 14.6 Å². The van der Waals surface area contributed by atoms with Gasteiger partial charge in [0.05, 0.1) is 25.5 Å². The van der Waals surface area contributed by atoms with Crippen LogP contribution in [-0.2, 0) is 4.84 Å². The van der Waals surface area contributed by atoms with Gasteiger partial charge >= 0.3 is 0 Å². The van der Waals surface area contributed by atoms with Crippen molar-refractivity contribution in [1.82, 2.24) is 10.5 Å². The lowest BCUT2D eigenvalue weighted by molar-refractivity contribution is 0.0362. The van der Waals surface area contributed by atoms with Crippen molar-refractivity contribution < 1.29 is 14.4 Å². The van der Waals surface area contributed by atoms with E-state index >= 15 is 0 Å². The molecular formula is C9H12N2O3. The molecule has 0 saturated carbocycles. The van der Waals surface area contributed by atoms with E-state index < -0.39 is 0 Å². The van der Waals surface area contributed by atoms with Gasteiger partial charge in [-0.1, -0.05) is 0 Å². The fourth-order valence-electron chi connectivity index (χ4n) is 0.923. The van der Waals surface area contributed by atoms with Crippen LogP contribution in [0, 0.1) is 0 Å². The van der Waals surface area contributed by atoms with Crippen LogP contribution in [0.4, 0.5) is 0 Å². The Morgan fingerprint density at radius 3 is 3.07 bits per heavy atom. The van der Waals surface area contributed by atoms with Gasteiger partial charge in [0.2, 0.25) is 0 Å². The first-order valence-corrected chi connectivity index (χ1v) is 4.19. The van der Waals surface area contributed by atoms with Gasteiger partial charge < -0.3 is 4.74 Å². The van der Waals surface area contributed by atoms with E-state index in [0.29, 0.717) is 17.9 Å². The van der Waals surface area contributed by atoms with Crippen LogP contribution in [-0.4, -0.2) is 24.6 Å².